The molecular weight excluding hydrogens is 366 g/mol. The number of carbonyl (C=O) groups is 1. The summed E-state index contributed by atoms with van der Waals surface area (Å²) in [5.41, 5.74) is 2.24. The molecule has 2 aliphatic heterocycles. The molecule has 0 radical (unpaired) electrons. The highest BCUT2D eigenvalue weighted by molar-refractivity contribution is 5.86. The van der Waals surface area contributed by atoms with Gasteiger partial charge < -0.3 is 18.8 Å². The second-order valence-corrected chi connectivity index (χ2v) is 8.15. The number of ether oxygens (including phenoxy) is 1. The summed E-state index contributed by atoms with van der Waals surface area (Å²) in [5, 5.41) is 1.07. The van der Waals surface area contributed by atoms with Gasteiger partial charge in [-0.25, -0.2) is 0 Å². The maximum Gasteiger partial charge on any atom is 0.250 e. The third-order valence-electron chi connectivity index (χ3n) is 6.39. The molecule has 4 heterocycles. The molecule has 29 heavy (non-hydrogen) atoms. The lowest BCUT2D eigenvalue weighted by Gasteiger charge is -2.42. The third-order valence-corrected chi connectivity index (χ3v) is 6.39. The Labute approximate surface area is 169 Å². The van der Waals surface area contributed by atoms with Crippen LogP contribution in [0, 0.1) is 5.92 Å². The predicted molar refractivity (Wildman–Crippen MR) is 111 cm³/mol. The molecule has 2 atom stereocenters. The molecular formula is C23H25N3O3. The number of benzene rings is 1. The number of pyridine rings is 1. The van der Waals surface area contributed by atoms with Crippen LogP contribution in [0.1, 0.15) is 24.5 Å². The van der Waals surface area contributed by atoms with Gasteiger partial charge in [-0.1, -0.05) is 12.1 Å². The van der Waals surface area contributed by atoms with E-state index in [9.17, 15) is 9.59 Å². The van der Waals surface area contributed by atoms with Crippen molar-refractivity contribution in [3.05, 3.63) is 64.7 Å². The fourth-order valence-corrected chi connectivity index (χ4v) is 5.04. The van der Waals surface area contributed by atoms with Gasteiger partial charge in [0.05, 0.1) is 12.6 Å². The topological polar surface area (TPSA) is 56.5 Å². The van der Waals surface area contributed by atoms with Crippen molar-refractivity contribution in [3.63, 3.8) is 0 Å². The molecule has 2 aliphatic rings. The van der Waals surface area contributed by atoms with Gasteiger partial charge >= 0.3 is 0 Å². The summed E-state index contributed by atoms with van der Waals surface area (Å²) in [7, 11) is 1.68. The predicted octanol–water partition coefficient (Wildman–Crippen LogP) is 2.85. The van der Waals surface area contributed by atoms with Crippen molar-refractivity contribution in [2.45, 2.75) is 31.8 Å². The van der Waals surface area contributed by atoms with Gasteiger partial charge in [0.15, 0.2) is 0 Å². The molecule has 3 aromatic rings. The van der Waals surface area contributed by atoms with Crippen LogP contribution in [0.4, 0.5) is 0 Å². The minimum atomic E-state index is 0.0758. The third kappa shape index (κ3) is 3.12. The second-order valence-electron chi connectivity index (χ2n) is 8.15. The molecule has 6 nitrogen and oxygen atoms in total. The zero-order valence-corrected chi connectivity index (χ0v) is 16.6. The van der Waals surface area contributed by atoms with Crippen molar-refractivity contribution >= 4 is 16.8 Å². The highest BCUT2D eigenvalue weighted by Gasteiger charge is 2.35. The fourth-order valence-electron chi connectivity index (χ4n) is 5.04. The Morgan fingerprint density at radius 3 is 2.83 bits per heavy atom. The van der Waals surface area contributed by atoms with E-state index < -0.39 is 0 Å². The summed E-state index contributed by atoms with van der Waals surface area (Å²) in [5.74, 6) is 1.67. The van der Waals surface area contributed by atoms with Crippen molar-refractivity contribution < 1.29 is 9.53 Å². The van der Waals surface area contributed by atoms with Crippen LogP contribution in [0.5, 0.6) is 5.75 Å². The van der Waals surface area contributed by atoms with E-state index in [0.29, 0.717) is 25.4 Å². The number of piperidine rings is 1. The Kier molecular flexibility index (Phi) is 4.42. The summed E-state index contributed by atoms with van der Waals surface area (Å²) in [6.07, 6.45) is 3.56. The van der Waals surface area contributed by atoms with Gasteiger partial charge in [0, 0.05) is 61.9 Å². The lowest BCUT2D eigenvalue weighted by Crippen LogP contribution is -2.49. The van der Waals surface area contributed by atoms with E-state index in [1.54, 1.807) is 13.2 Å². The lowest BCUT2D eigenvalue weighted by atomic mass is 9.83. The first-order valence-corrected chi connectivity index (χ1v) is 10.2. The SMILES string of the molecule is COc1cccc2c1ccn2CCC(=O)N1C[C@@H]2C[C@H](C1)c1cccc(=O)n1C2. The van der Waals surface area contributed by atoms with Crippen LogP contribution < -0.4 is 10.3 Å². The van der Waals surface area contributed by atoms with Crippen molar-refractivity contribution in [3.8, 4) is 5.75 Å². The average molecular weight is 391 g/mol. The Morgan fingerprint density at radius 2 is 1.97 bits per heavy atom. The van der Waals surface area contributed by atoms with Gasteiger partial charge in [-0.15, -0.1) is 0 Å². The number of amides is 1. The van der Waals surface area contributed by atoms with E-state index in [2.05, 4.69) is 10.6 Å². The normalized spacial score (nSPS) is 20.5. The first-order chi connectivity index (χ1) is 14.1. The Hall–Kier alpha value is -3.02. The number of rotatable bonds is 4. The van der Waals surface area contributed by atoms with Gasteiger partial charge in [0.1, 0.15) is 5.75 Å². The molecule has 1 saturated heterocycles. The van der Waals surface area contributed by atoms with E-state index in [1.165, 1.54) is 0 Å². The smallest absolute Gasteiger partial charge is 0.250 e. The first-order valence-electron chi connectivity index (χ1n) is 10.2. The van der Waals surface area contributed by atoms with Crippen LogP contribution in [-0.4, -0.2) is 40.1 Å². The molecule has 2 aromatic heterocycles. The van der Waals surface area contributed by atoms with Crippen LogP contribution in [0.2, 0.25) is 0 Å². The van der Waals surface area contributed by atoms with E-state index in [-0.39, 0.29) is 17.4 Å². The molecule has 1 fully saturated rings. The van der Waals surface area contributed by atoms with Crippen LogP contribution in [0.3, 0.4) is 0 Å². The van der Waals surface area contributed by atoms with Crippen LogP contribution in [0.25, 0.3) is 10.9 Å². The number of nitrogens with zero attached hydrogens (tertiary/aromatic N) is 3. The van der Waals surface area contributed by atoms with Gasteiger partial charge in [-0.05, 0) is 36.6 Å². The maximum atomic E-state index is 13.0. The number of likely N-dealkylation sites (tertiary alicyclic amines) is 1. The number of aromatic nitrogens is 2. The number of methoxy groups -OCH3 is 1. The Balaban J connectivity index is 1.30. The van der Waals surface area contributed by atoms with Gasteiger partial charge in [-0.3, -0.25) is 9.59 Å². The standard InChI is InChI=1S/C23H25N3O3/c1-29-21-6-2-5-20-18(21)8-10-24(20)11-9-22(27)25-13-16-12-17(15-25)19-4-3-7-23(28)26(19)14-16/h2-8,10,16-17H,9,11-15H2,1H3/t16-,17+/m0/s1. The minimum absolute atomic E-state index is 0.0758. The van der Waals surface area contributed by atoms with Crippen molar-refractivity contribution in [1.29, 1.82) is 0 Å². The minimum Gasteiger partial charge on any atom is -0.496 e. The average Bonchev–Trinajstić information content (AvgIpc) is 3.16. The first kappa shape index (κ1) is 18.0. The van der Waals surface area contributed by atoms with Crippen molar-refractivity contribution in [2.24, 2.45) is 5.92 Å². The number of hydrogen-bond acceptors (Lipinski definition) is 3. The molecule has 5 rings (SSSR count). The van der Waals surface area contributed by atoms with E-state index in [4.69, 9.17) is 4.74 Å². The number of hydrogen-bond donors (Lipinski definition) is 0. The zero-order valence-electron chi connectivity index (χ0n) is 16.6. The summed E-state index contributed by atoms with van der Waals surface area (Å²) in [6, 6.07) is 13.5. The quantitative estimate of drug-likeness (QED) is 0.687. The molecule has 0 N–H and O–H groups in total. The van der Waals surface area contributed by atoms with E-state index in [0.717, 1.165) is 41.9 Å². The fraction of sp³-hybridized carbons (Fsp3) is 0.391. The molecule has 0 aliphatic carbocycles. The van der Waals surface area contributed by atoms with Crippen LogP contribution in [-0.2, 0) is 17.9 Å². The molecule has 2 bridgehead atoms. The van der Waals surface area contributed by atoms with Crippen molar-refractivity contribution in [1.82, 2.24) is 14.0 Å². The molecule has 0 spiro atoms. The maximum absolute atomic E-state index is 13.0. The molecule has 0 saturated carbocycles. The highest BCUT2D eigenvalue weighted by Crippen LogP contribution is 2.35. The summed E-state index contributed by atoms with van der Waals surface area (Å²) >= 11 is 0. The van der Waals surface area contributed by atoms with Crippen LogP contribution in [0.15, 0.2) is 53.5 Å². The Morgan fingerprint density at radius 1 is 1.10 bits per heavy atom. The summed E-state index contributed by atoms with van der Waals surface area (Å²) in [4.78, 5) is 27.2. The van der Waals surface area contributed by atoms with E-state index in [1.807, 2.05) is 46.0 Å². The monoisotopic (exact) mass is 391 g/mol. The van der Waals surface area contributed by atoms with Gasteiger partial charge in [0.2, 0.25) is 5.91 Å². The number of aryl methyl sites for hydroxylation is 1. The molecule has 0 unspecified atom stereocenters. The van der Waals surface area contributed by atoms with Gasteiger partial charge in [0.25, 0.3) is 5.56 Å². The number of carbonyl (C=O) groups excluding carboxylic acids is 1. The molecule has 1 aromatic carbocycles. The summed E-state index contributed by atoms with van der Waals surface area (Å²) < 4.78 is 9.45. The summed E-state index contributed by atoms with van der Waals surface area (Å²) in [6.45, 7) is 2.82. The van der Waals surface area contributed by atoms with Crippen LogP contribution >= 0.6 is 0 Å². The largest absolute Gasteiger partial charge is 0.496 e. The lowest BCUT2D eigenvalue weighted by molar-refractivity contribution is -0.134. The van der Waals surface area contributed by atoms with E-state index >= 15 is 0 Å². The van der Waals surface area contributed by atoms with Crippen molar-refractivity contribution in [2.75, 3.05) is 20.2 Å². The van der Waals surface area contributed by atoms with Gasteiger partial charge in [-0.2, -0.15) is 0 Å². The second kappa shape index (κ2) is 7.10. The zero-order chi connectivity index (χ0) is 20.0. The highest BCUT2D eigenvalue weighted by atomic mass is 16.5. The molecule has 6 heteroatoms. The number of fused-ring (bicyclic) bond motifs is 5. The Bertz CT molecular complexity index is 1130. The molecule has 1 amide bonds. The molecule has 150 valence electrons.